The molecule has 0 fully saturated rings. The van der Waals surface area contributed by atoms with Crippen LogP contribution in [0.5, 0.6) is 11.6 Å². The van der Waals surface area contributed by atoms with E-state index in [1.807, 2.05) is 62.4 Å². The molecule has 0 saturated carbocycles. The largest absolute Gasteiger partial charge is 0.493 e. The molecule has 3 aromatic carbocycles. The van der Waals surface area contributed by atoms with Gasteiger partial charge in [0.15, 0.2) is 5.69 Å². The Hall–Kier alpha value is -3.34. The molecule has 0 spiro atoms. The van der Waals surface area contributed by atoms with Crippen LogP contribution in [0, 0.1) is 18.8 Å². The summed E-state index contributed by atoms with van der Waals surface area (Å²) < 4.78 is 7.58. The van der Waals surface area contributed by atoms with Crippen LogP contribution in [0.2, 0.25) is 0 Å². The minimum atomic E-state index is -0.115. The summed E-state index contributed by atoms with van der Waals surface area (Å²) in [5.41, 5.74) is 2.91. The molecule has 27 heavy (non-hydrogen) atoms. The molecule has 5 heteroatoms. The van der Waals surface area contributed by atoms with Crippen LogP contribution >= 0.6 is 0 Å². The highest BCUT2D eigenvalue weighted by atomic mass is 16.5. The average molecular weight is 360 g/mol. The number of hydrogen-bond donors (Lipinski definition) is 1. The summed E-state index contributed by atoms with van der Waals surface area (Å²) in [5, 5.41) is 16.5. The number of aromatic hydroxyl groups is 1. The minimum absolute atomic E-state index is 0.0857. The molecule has 0 saturated heterocycles. The Morgan fingerprint density at radius 2 is 1.81 bits per heavy atom. The summed E-state index contributed by atoms with van der Waals surface area (Å²) in [5.74, 6) is 0.654. The fourth-order valence-corrected chi connectivity index (χ4v) is 3.67. The van der Waals surface area contributed by atoms with Crippen molar-refractivity contribution >= 4 is 27.4 Å². The summed E-state index contributed by atoms with van der Waals surface area (Å²) in [6.07, 6.45) is 0. The molecule has 1 heterocycles. The maximum absolute atomic E-state index is 11.2. The highest BCUT2D eigenvalue weighted by molar-refractivity contribution is 5.97. The monoisotopic (exact) mass is 360 g/mol. The van der Waals surface area contributed by atoms with E-state index in [-0.39, 0.29) is 11.6 Å². The van der Waals surface area contributed by atoms with Crippen molar-refractivity contribution in [2.24, 2.45) is 5.18 Å². The van der Waals surface area contributed by atoms with Crippen molar-refractivity contribution in [2.45, 2.75) is 20.4 Å². The normalized spacial score (nSPS) is 11.2. The second kappa shape index (κ2) is 6.76. The van der Waals surface area contributed by atoms with Gasteiger partial charge in [0, 0.05) is 5.39 Å². The van der Waals surface area contributed by atoms with E-state index in [9.17, 15) is 10.0 Å². The van der Waals surface area contributed by atoms with E-state index in [0.29, 0.717) is 18.5 Å². The van der Waals surface area contributed by atoms with Crippen molar-refractivity contribution in [3.05, 3.63) is 70.6 Å². The lowest BCUT2D eigenvalue weighted by atomic mass is 10.1. The van der Waals surface area contributed by atoms with Crippen molar-refractivity contribution < 1.29 is 9.84 Å². The first-order valence-corrected chi connectivity index (χ1v) is 8.86. The third-order valence-electron chi connectivity index (χ3n) is 4.83. The predicted octanol–water partition coefficient (Wildman–Crippen LogP) is 5.59. The van der Waals surface area contributed by atoms with Crippen molar-refractivity contribution in [2.75, 3.05) is 6.61 Å². The summed E-state index contributed by atoms with van der Waals surface area (Å²) in [7, 11) is 0. The topological polar surface area (TPSA) is 63.8 Å². The minimum Gasteiger partial charge on any atom is -0.493 e. The van der Waals surface area contributed by atoms with Gasteiger partial charge in [0.1, 0.15) is 12.4 Å². The number of benzene rings is 3. The van der Waals surface area contributed by atoms with E-state index >= 15 is 0 Å². The standard InChI is InChI=1S/C22H20N2O3/c1-14-11-15(2)21-19(12-14)20(23-26)22(25)24(21)9-10-27-18-8-7-16-5-3-4-6-17(16)13-18/h3-8,11-13,25H,9-10H2,1-2H3. The molecule has 4 rings (SSSR count). The number of rotatable bonds is 5. The number of fused-ring (bicyclic) bond motifs is 2. The van der Waals surface area contributed by atoms with Gasteiger partial charge < -0.3 is 14.4 Å². The van der Waals surface area contributed by atoms with Crippen LogP contribution in [0.1, 0.15) is 11.1 Å². The van der Waals surface area contributed by atoms with Gasteiger partial charge in [-0.25, -0.2) is 0 Å². The third kappa shape index (κ3) is 3.01. The predicted molar refractivity (Wildman–Crippen MR) is 108 cm³/mol. The Labute approximate surface area is 156 Å². The molecule has 136 valence electrons. The lowest BCUT2D eigenvalue weighted by Crippen LogP contribution is -2.08. The quantitative estimate of drug-likeness (QED) is 0.472. The van der Waals surface area contributed by atoms with Crippen molar-refractivity contribution in [3.63, 3.8) is 0 Å². The first-order valence-electron chi connectivity index (χ1n) is 8.86. The molecule has 0 radical (unpaired) electrons. The molecule has 1 N–H and O–H groups in total. The van der Waals surface area contributed by atoms with Gasteiger partial charge in [0.05, 0.1) is 12.1 Å². The van der Waals surface area contributed by atoms with E-state index in [0.717, 1.165) is 33.2 Å². The van der Waals surface area contributed by atoms with Gasteiger partial charge in [0.2, 0.25) is 5.88 Å². The lowest BCUT2D eigenvalue weighted by Gasteiger charge is -2.11. The summed E-state index contributed by atoms with van der Waals surface area (Å²) >= 11 is 0. The molecule has 0 aliphatic rings. The van der Waals surface area contributed by atoms with Crippen LogP contribution in [-0.2, 0) is 6.54 Å². The number of hydrogen-bond acceptors (Lipinski definition) is 4. The molecule has 0 aliphatic carbocycles. The first-order chi connectivity index (χ1) is 13.1. The van der Waals surface area contributed by atoms with Gasteiger partial charge in [0.25, 0.3) is 0 Å². The average Bonchev–Trinajstić information content (AvgIpc) is 2.92. The van der Waals surface area contributed by atoms with Gasteiger partial charge in [-0.3, -0.25) is 0 Å². The molecule has 4 aromatic rings. The summed E-state index contributed by atoms with van der Waals surface area (Å²) in [4.78, 5) is 11.2. The van der Waals surface area contributed by atoms with Crippen molar-refractivity contribution in [1.82, 2.24) is 4.57 Å². The highest BCUT2D eigenvalue weighted by Crippen LogP contribution is 2.40. The van der Waals surface area contributed by atoms with E-state index < -0.39 is 0 Å². The number of aromatic nitrogens is 1. The molecule has 0 atom stereocenters. The smallest absolute Gasteiger partial charge is 0.222 e. The van der Waals surface area contributed by atoms with Crippen LogP contribution in [0.3, 0.4) is 0 Å². The fraction of sp³-hybridized carbons (Fsp3) is 0.182. The van der Waals surface area contributed by atoms with Gasteiger partial charge in [-0.05, 0) is 53.6 Å². The van der Waals surface area contributed by atoms with Gasteiger partial charge in [-0.15, -0.1) is 4.91 Å². The zero-order chi connectivity index (χ0) is 19.0. The zero-order valence-electron chi connectivity index (χ0n) is 15.3. The lowest BCUT2D eigenvalue weighted by molar-refractivity contribution is 0.291. The highest BCUT2D eigenvalue weighted by Gasteiger charge is 2.19. The van der Waals surface area contributed by atoms with Crippen LogP contribution in [0.15, 0.2) is 59.8 Å². The number of ether oxygens (including phenoxy) is 1. The Morgan fingerprint density at radius 1 is 1.04 bits per heavy atom. The second-order valence-electron chi connectivity index (χ2n) is 6.75. The summed E-state index contributed by atoms with van der Waals surface area (Å²) in [6.45, 7) is 4.69. The molecular formula is C22H20N2O3. The maximum atomic E-state index is 11.2. The molecule has 0 unspecified atom stereocenters. The van der Waals surface area contributed by atoms with E-state index in [1.54, 1.807) is 4.57 Å². The fourth-order valence-electron chi connectivity index (χ4n) is 3.67. The van der Waals surface area contributed by atoms with E-state index in [2.05, 4.69) is 11.2 Å². The summed E-state index contributed by atoms with van der Waals surface area (Å²) in [6, 6.07) is 18.0. The van der Waals surface area contributed by atoms with Crippen LogP contribution in [0.4, 0.5) is 5.69 Å². The Bertz CT molecular complexity index is 1160. The van der Waals surface area contributed by atoms with Crippen molar-refractivity contribution in [3.8, 4) is 11.6 Å². The second-order valence-corrected chi connectivity index (χ2v) is 6.75. The SMILES string of the molecule is Cc1cc(C)c2c(c1)c(N=O)c(O)n2CCOc1ccc2ccccc2c1. The van der Waals surface area contributed by atoms with Gasteiger partial charge in [-0.2, -0.15) is 0 Å². The Morgan fingerprint density at radius 3 is 2.59 bits per heavy atom. The molecule has 5 nitrogen and oxygen atoms in total. The van der Waals surface area contributed by atoms with Crippen LogP contribution in [-0.4, -0.2) is 16.3 Å². The van der Waals surface area contributed by atoms with Crippen LogP contribution in [0.25, 0.3) is 21.7 Å². The zero-order valence-corrected chi connectivity index (χ0v) is 15.3. The van der Waals surface area contributed by atoms with E-state index in [4.69, 9.17) is 4.74 Å². The Balaban J connectivity index is 1.61. The van der Waals surface area contributed by atoms with Crippen molar-refractivity contribution in [1.29, 1.82) is 0 Å². The number of nitrogens with zero attached hydrogens (tertiary/aromatic N) is 2. The Kier molecular flexibility index (Phi) is 4.28. The maximum Gasteiger partial charge on any atom is 0.222 e. The van der Waals surface area contributed by atoms with Gasteiger partial charge in [-0.1, -0.05) is 42.0 Å². The third-order valence-corrected chi connectivity index (χ3v) is 4.83. The molecular weight excluding hydrogens is 340 g/mol. The molecule has 0 aliphatic heterocycles. The first kappa shape index (κ1) is 17.1. The van der Waals surface area contributed by atoms with Gasteiger partial charge >= 0.3 is 0 Å². The molecule has 0 amide bonds. The molecule has 0 bridgehead atoms. The number of nitroso groups, excluding NO2 is 1. The number of aryl methyl sites for hydroxylation is 2. The van der Waals surface area contributed by atoms with E-state index in [1.165, 1.54) is 0 Å². The molecule has 1 aromatic heterocycles. The van der Waals surface area contributed by atoms with Crippen LogP contribution < -0.4 is 4.74 Å².